The van der Waals surface area contributed by atoms with Crippen LogP contribution in [0.25, 0.3) is 0 Å². The van der Waals surface area contributed by atoms with Gasteiger partial charge in [0.25, 0.3) is 0 Å². The van der Waals surface area contributed by atoms with E-state index < -0.39 is 10.4 Å². The zero-order valence-corrected chi connectivity index (χ0v) is 8.41. The van der Waals surface area contributed by atoms with Crippen molar-refractivity contribution < 1.29 is 22.6 Å². The monoisotopic (exact) mass is 250 g/mol. The van der Waals surface area contributed by atoms with Crippen molar-refractivity contribution >= 4 is 59.3 Å². The molecule has 0 spiro atoms. The Labute approximate surface area is 80.6 Å². The van der Waals surface area contributed by atoms with Crippen LogP contribution in [0.15, 0.2) is 0 Å². The van der Waals surface area contributed by atoms with Gasteiger partial charge in [-0.25, -0.2) is 8.42 Å². The van der Waals surface area contributed by atoms with E-state index in [2.05, 4.69) is 4.33 Å². The summed E-state index contributed by atoms with van der Waals surface area (Å²) in [7, 11) is -4.97. The molecular weight excluding hydrogens is 249 g/mol. The maximum Gasteiger partial charge on any atom is 2.00 e. The van der Waals surface area contributed by atoms with Gasteiger partial charge in [0.1, 0.15) is 0 Å². The van der Waals surface area contributed by atoms with Crippen molar-refractivity contribution in [2.45, 2.75) is 0 Å². The second-order valence-electron chi connectivity index (χ2n) is 0.476. The first-order valence-electron chi connectivity index (χ1n) is 0.833. The minimum Gasteiger partial charge on any atom is -0.726 e. The van der Waals surface area contributed by atoms with Crippen molar-refractivity contribution in [1.82, 2.24) is 0 Å². The van der Waals surface area contributed by atoms with Crippen LogP contribution < -0.4 is 5.26 Å². The fourth-order valence-electron chi connectivity index (χ4n) is 0. The van der Waals surface area contributed by atoms with Gasteiger partial charge in [-0.1, -0.05) is 0 Å². The van der Waals surface area contributed by atoms with Crippen molar-refractivity contribution in [3.63, 3.8) is 0 Å². The van der Waals surface area contributed by atoms with Gasteiger partial charge in [-0.3, -0.25) is 0 Å². The smallest absolute Gasteiger partial charge is 0.726 e. The van der Waals surface area contributed by atoms with Gasteiger partial charge >= 0.3 is 48.9 Å². The van der Waals surface area contributed by atoms with Crippen LogP contribution in [0.2, 0.25) is 0 Å². The zero-order valence-electron chi connectivity index (χ0n) is 3.16. The first kappa shape index (κ1) is 11.2. The summed E-state index contributed by atoms with van der Waals surface area (Å²) in [6, 6.07) is 0. The summed E-state index contributed by atoms with van der Waals surface area (Å²) in [6.45, 7) is 0. The molecule has 0 aliphatic heterocycles. The molecule has 0 unspecified atom stereocenters. The van der Waals surface area contributed by atoms with E-state index in [1.165, 1.54) is 0 Å². The molecule has 0 radical (unpaired) electrons. The van der Waals surface area contributed by atoms with Crippen LogP contribution in [0.4, 0.5) is 0 Å². The molecule has 0 aliphatic carbocycles. The quantitative estimate of drug-likeness (QED) is 0.167. The summed E-state index contributed by atoms with van der Waals surface area (Å²) in [5.41, 5.74) is 0. The summed E-state index contributed by atoms with van der Waals surface area (Å²) in [4.78, 5) is 0. The van der Waals surface area contributed by atoms with Gasteiger partial charge in [0.05, 0.1) is 0 Å². The normalized spacial score (nSPS) is 10.0. The summed E-state index contributed by atoms with van der Waals surface area (Å²) >= 11 is 0. The van der Waals surface area contributed by atoms with Crippen LogP contribution in [-0.2, 0) is 14.7 Å². The Morgan fingerprint density at radius 2 is 1.57 bits per heavy atom. The van der Waals surface area contributed by atoms with E-state index >= 15 is 0 Å². The summed E-state index contributed by atoms with van der Waals surface area (Å²) in [5.74, 6) is 0. The average Bonchev–Trinajstić information content (AvgIpc) is 1.35. The van der Waals surface area contributed by atoms with E-state index in [-0.39, 0.29) is 48.9 Å². The van der Waals surface area contributed by atoms with E-state index in [9.17, 15) is 0 Å². The molecule has 0 atom stereocenters. The van der Waals surface area contributed by atoms with E-state index in [0.29, 0.717) is 0 Å². The third-order valence-electron chi connectivity index (χ3n) is 0.0833. The number of rotatable bonds is 1. The molecule has 5 nitrogen and oxygen atoms in total. The fourth-order valence-corrected chi connectivity index (χ4v) is 0. The van der Waals surface area contributed by atoms with Crippen LogP contribution >= 0.6 is 0 Å². The van der Waals surface area contributed by atoms with Crippen molar-refractivity contribution in [1.29, 1.82) is 0 Å². The predicted octanol–water partition coefficient (Wildman–Crippen LogP) is -2.64. The zero-order chi connectivity index (χ0) is 5.21. The molecule has 0 saturated heterocycles. The maximum atomic E-state index is 8.91. The van der Waals surface area contributed by atoms with Gasteiger partial charge in [0, 0.05) is 0 Å². The van der Waals surface area contributed by atoms with E-state index in [1.807, 2.05) is 0 Å². The Kier molecular flexibility index (Phi) is 6.89. The van der Waals surface area contributed by atoms with Crippen LogP contribution in [0, 0.1) is 0 Å². The third kappa shape index (κ3) is 11.1. The largest absolute Gasteiger partial charge is 2.00 e. The molecule has 0 aromatic carbocycles. The predicted molar refractivity (Wildman–Crippen MR) is 16.5 cm³/mol. The molecule has 7 heteroatoms. The molecule has 0 aromatic rings. The maximum absolute atomic E-state index is 8.91. The van der Waals surface area contributed by atoms with Crippen molar-refractivity contribution in [2.24, 2.45) is 0 Å². The standard InChI is InChI=1S/Ba.H2O5S/c;1-5-6(2,3)4/h;1H,(H,2,3,4)/q+2;/p-2. The number of hydrogen-bond donors (Lipinski definition) is 0. The van der Waals surface area contributed by atoms with E-state index in [1.54, 1.807) is 0 Å². The van der Waals surface area contributed by atoms with Crippen molar-refractivity contribution in [3.8, 4) is 0 Å². The van der Waals surface area contributed by atoms with Gasteiger partial charge in [-0.05, 0) is 0 Å². The molecule has 0 saturated carbocycles. The molecule has 0 heterocycles. The Morgan fingerprint density at radius 1 is 1.43 bits per heavy atom. The Bertz CT molecular complexity index is 110. The minimum absolute atomic E-state index is 0. The SMILES string of the molecule is O=S(=O)([O-])O[O-].[Ba+2]. The Hall–Kier alpha value is 1.40. The molecule has 0 aromatic heterocycles. The molecule has 0 bridgehead atoms. The second kappa shape index (κ2) is 4.30. The third-order valence-corrected chi connectivity index (χ3v) is 0.250. The Balaban J connectivity index is 0. The molecule has 7 heavy (non-hydrogen) atoms. The number of hydrogen-bond acceptors (Lipinski definition) is 5. The average molecular weight is 249 g/mol. The van der Waals surface area contributed by atoms with Gasteiger partial charge in [0.2, 0.25) is 10.4 Å². The van der Waals surface area contributed by atoms with Crippen LogP contribution in [-0.4, -0.2) is 61.9 Å². The van der Waals surface area contributed by atoms with Gasteiger partial charge in [0.15, 0.2) is 0 Å². The van der Waals surface area contributed by atoms with Crippen molar-refractivity contribution in [2.75, 3.05) is 0 Å². The molecule has 0 fully saturated rings. The molecule has 0 amide bonds. The molecule has 0 aliphatic rings. The van der Waals surface area contributed by atoms with Gasteiger partial charge < -0.3 is 14.1 Å². The minimum atomic E-state index is -4.97. The molecular formula is BaO5S. The van der Waals surface area contributed by atoms with E-state index in [0.717, 1.165) is 0 Å². The first-order chi connectivity index (χ1) is 2.56. The molecule has 0 N–H and O–H groups in total. The van der Waals surface area contributed by atoms with Crippen LogP contribution in [0.5, 0.6) is 0 Å². The van der Waals surface area contributed by atoms with Gasteiger partial charge in [-0.15, -0.1) is 0 Å². The fraction of sp³-hybridized carbons (Fsp3) is 0. The molecule has 0 rings (SSSR count). The van der Waals surface area contributed by atoms with E-state index in [4.69, 9.17) is 18.2 Å². The Morgan fingerprint density at radius 3 is 1.57 bits per heavy atom. The summed E-state index contributed by atoms with van der Waals surface area (Å²) in [6.07, 6.45) is 0. The summed E-state index contributed by atoms with van der Waals surface area (Å²) in [5, 5.41) is 8.55. The first-order valence-corrected chi connectivity index (χ1v) is 2.17. The van der Waals surface area contributed by atoms with Crippen LogP contribution in [0.3, 0.4) is 0 Å². The second-order valence-corrected chi connectivity index (χ2v) is 1.43. The molecule has 38 valence electrons. The topological polar surface area (TPSA) is 89.5 Å². The van der Waals surface area contributed by atoms with Gasteiger partial charge in [-0.2, -0.15) is 0 Å². The van der Waals surface area contributed by atoms with Crippen LogP contribution in [0.1, 0.15) is 0 Å². The van der Waals surface area contributed by atoms with Crippen molar-refractivity contribution in [3.05, 3.63) is 0 Å². The summed E-state index contributed by atoms with van der Waals surface area (Å²) < 4.78 is 28.8.